The maximum Gasteiger partial charge on any atom is 0.335 e. The number of hydrogen-bond acceptors (Lipinski definition) is 4. The molecule has 1 aliphatic heterocycles. The second-order valence-corrected chi connectivity index (χ2v) is 7.28. The summed E-state index contributed by atoms with van der Waals surface area (Å²) >= 11 is 0. The molecule has 3 aromatic rings. The highest BCUT2D eigenvalue weighted by molar-refractivity contribution is 6.39. The Morgan fingerprint density at radius 3 is 2.35 bits per heavy atom. The standard InChI is InChI=1S/C24H21N3O4/c1-15-5-4-6-19(11-15)27-23(29)21(22(28)25-24(27)30)13-17-12-16(2)26(14-17)18-7-9-20(31-3)10-8-18/h4-14H,1-3H3,(H,25,28,30)/b21-13-. The molecule has 1 N–H and O–H groups in total. The van der Waals surface area contributed by atoms with Gasteiger partial charge in [0.2, 0.25) is 0 Å². The maximum atomic E-state index is 13.0. The summed E-state index contributed by atoms with van der Waals surface area (Å²) in [7, 11) is 1.61. The van der Waals surface area contributed by atoms with Gasteiger partial charge in [0.05, 0.1) is 12.8 Å². The topological polar surface area (TPSA) is 80.6 Å². The number of amides is 4. The molecule has 7 nitrogen and oxygen atoms in total. The number of rotatable bonds is 4. The highest BCUT2D eigenvalue weighted by Crippen LogP contribution is 2.24. The SMILES string of the molecule is COc1ccc(-n2cc(/C=C3/C(=O)NC(=O)N(c4cccc(C)c4)C3=O)cc2C)cc1. The van der Waals surface area contributed by atoms with Crippen LogP contribution in [0.25, 0.3) is 11.8 Å². The van der Waals surface area contributed by atoms with E-state index in [1.807, 2.05) is 61.0 Å². The summed E-state index contributed by atoms with van der Waals surface area (Å²) < 4.78 is 7.14. The van der Waals surface area contributed by atoms with Crippen molar-refractivity contribution in [3.05, 3.63) is 83.2 Å². The number of aryl methyl sites for hydroxylation is 2. The Morgan fingerprint density at radius 2 is 1.68 bits per heavy atom. The average molecular weight is 415 g/mol. The number of carbonyl (C=O) groups excluding carboxylic acids is 3. The molecule has 1 fully saturated rings. The first-order valence-corrected chi connectivity index (χ1v) is 9.69. The molecule has 0 unspecified atom stereocenters. The minimum Gasteiger partial charge on any atom is -0.497 e. The summed E-state index contributed by atoms with van der Waals surface area (Å²) in [5, 5.41) is 2.25. The summed E-state index contributed by atoms with van der Waals surface area (Å²) in [6, 6.07) is 15.6. The van der Waals surface area contributed by atoms with E-state index in [9.17, 15) is 14.4 Å². The number of urea groups is 1. The third kappa shape index (κ3) is 3.85. The minimum atomic E-state index is -0.760. The zero-order chi connectivity index (χ0) is 22.1. The van der Waals surface area contributed by atoms with Gasteiger partial charge in [-0.2, -0.15) is 0 Å². The Morgan fingerprint density at radius 1 is 0.935 bits per heavy atom. The van der Waals surface area contributed by atoms with Gasteiger partial charge >= 0.3 is 6.03 Å². The van der Waals surface area contributed by atoms with Gasteiger partial charge in [-0.3, -0.25) is 14.9 Å². The van der Waals surface area contributed by atoms with Gasteiger partial charge in [-0.1, -0.05) is 12.1 Å². The number of nitrogens with one attached hydrogen (secondary N) is 1. The van der Waals surface area contributed by atoms with Crippen LogP contribution in [0.4, 0.5) is 10.5 Å². The number of aromatic nitrogens is 1. The lowest BCUT2D eigenvalue weighted by Crippen LogP contribution is -2.54. The van der Waals surface area contributed by atoms with Crippen LogP contribution in [0.2, 0.25) is 0 Å². The van der Waals surface area contributed by atoms with E-state index in [0.717, 1.165) is 27.6 Å². The first-order chi connectivity index (χ1) is 14.9. The molecule has 1 aliphatic rings. The first kappa shape index (κ1) is 20.2. The normalized spacial score (nSPS) is 15.4. The third-order valence-electron chi connectivity index (χ3n) is 5.06. The van der Waals surface area contributed by atoms with E-state index in [4.69, 9.17) is 4.74 Å². The fourth-order valence-corrected chi connectivity index (χ4v) is 3.52. The molecular weight excluding hydrogens is 394 g/mol. The monoisotopic (exact) mass is 415 g/mol. The first-order valence-electron chi connectivity index (χ1n) is 9.69. The van der Waals surface area contributed by atoms with Crippen LogP contribution < -0.4 is 15.0 Å². The molecule has 0 atom stereocenters. The molecule has 0 saturated carbocycles. The molecule has 31 heavy (non-hydrogen) atoms. The van der Waals surface area contributed by atoms with Crippen molar-refractivity contribution in [3.8, 4) is 11.4 Å². The largest absolute Gasteiger partial charge is 0.497 e. The number of carbonyl (C=O) groups is 3. The van der Waals surface area contributed by atoms with Crippen LogP contribution in [-0.4, -0.2) is 29.5 Å². The Kier molecular flexibility index (Phi) is 5.17. The fourth-order valence-electron chi connectivity index (χ4n) is 3.52. The summed E-state index contributed by atoms with van der Waals surface area (Å²) in [6.45, 7) is 3.79. The molecule has 7 heteroatoms. The third-order valence-corrected chi connectivity index (χ3v) is 5.06. The molecule has 2 aromatic carbocycles. The van der Waals surface area contributed by atoms with Gasteiger partial charge < -0.3 is 9.30 Å². The molecular formula is C24H21N3O4. The highest BCUT2D eigenvalue weighted by atomic mass is 16.5. The van der Waals surface area contributed by atoms with Crippen molar-refractivity contribution in [1.29, 1.82) is 0 Å². The van der Waals surface area contributed by atoms with Crippen molar-refractivity contribution in [1.82, 2.24) is 9.88 Å². The van der Waals surface area contributed by atoms with Crippen LogP contribution in [-0.2, 0) is 9.59 Å². The smallest absolute Gasteiger partial charge is 0.335 e. The molecule has 0 radical (unpaired) electrons. The van der Waals surface area contributed by atoms with Crippen molar-refractivity contribution in [3.63, 3.8) is 0 Å². The number of ether oxygens (including phenoxy) is 1. The Hall–Kier alpha value is -4.13. The zero-order valence-electron chi connectivity index (χ0n) is 17.4. The molecule has 4 rings (SSSR count). The van der Waals surface area contributed by atoms with Crippen LogP contribution in [0, 0.1) is 13.8 Å². The maximum absolute atomic E-state index is 13.0. The van der Waals surface area contributed by atoms with Gasteiger partial charge in [0.15, 0.2) is 0 Å². The summed E-state index contributed by atoms with van der Waals surface area (Å²) in [5.41, 5.74) is 3.71. The molecule has 0 aliphatic carbocycles. The van der Waals surface area contributed by atoms with Crippen LogP contribution >= 0.6 is 0 Å². The average Bonchev–Trinajstić information content (AvgIpc) is 3.11. The van der Waals surface area contributed by atoms with E-state index in [2.05, 4.69) is 5.32 Å². The fraction of sp³-hybridized carbons (Fsp3) is 0.125. The van der Waals surface area contributed by atoms with Crippen molar-refractivity contribution in [2.45, 2.75) is 13.8 Å². The Balaban J connectivity index is 1.69. The second-order valence-electron chi connectivity index (χ2n) is 7.28. The van der Waals surface area contributed by atoms with Gasteiger partial charge in [0, 0.05) is 17.6 Å². The summed E-state index contributed by atoms with van der Waals surface area (Å²) in [4.78, 5) is 38.8. The number of imide groups is 2. The van der Waals surface area contributed by atoms with E-state index in [1.165, 1.54) is 6.08 Å². The van der Waals surface area contributed by atoms with Crippen molar-refractivity contribution in [2.24, 2.45) is 0 Å². The Bertz CT molecular complexity index is 1220. The van der Waals surface area contributed by atoms with Gasteiger partial charge in [0.25, 0.3) is 11.8 Å². The molecule has 2 heterocycles. The van der Waals surface area contributed by atoms with Crippen LogP contribution in [0.15, 0.2) is 66.4 Å². The highest BCUT2D eigenvalue weighted by Gasteiger charge is 2.36. The van der Waals surface area contributed by atoms with E-state index < -0.39 is 17.8 Å². The van der Waals surface area contributed by atoms with Crippen LogP contribution in [0.1, 0.15) is 16.8 Å². The van der Waals surface area contributed by atoms with E-state index in [1.54, 1.807) is 25.3 Å². The van der Waals surface area contributed by atoms with E-state index >= 15 is 0 Å². The number of benzene rings is 2. The van der Waals surface area contributed by atoms with Crippen molar-refractivity contribution >= 4 is 29.6 Å². The number of anilines is 1. The summed E-state index contributed by atoms with van der Waals surface area (Å²) in [5.74, 6) is -0.621. The van der Waals surface area contributed by atoms with Gasteiger partial charge in [-0.25, -0.2) is 9.69 Å². The van der Waals surface area contributed by atoms with Gasteiger partial charge in [-0.15, -0.1) is 0 Å². The van der Waals surface area contributed by atoms with Gasteiger partial charge in [-0.05, 0) is 73.5 Å². The Labute approximate surface area is 179 Å². The minimum absolute atomic E-state index is 0.104. The predicted octanol–water partition coefficient (Wildman–Crippen LogP) is 3.77. The molecule has 0 spiro atoms. The van der Waals surface area contributed by atoms with Crippen LogP contribution in [0.3, 0.4) is 0 Å². The quantitative estimate of drug-likeness (QED) is 0.520. The van der Waals surface area contributed by atoms with Crippen molar-refractivity contribution in [2.75, 3.05) is 12.0 Å². The number of methoxy groups -OCH3 is 1. The lowest BCUT2D eigenvalue weighted by molar-refractivity contribution is -0.122. The lowest BCUT2D eigenvalue weighted by Gasteiger charge is -2.26. The molecule has 4 amide bonds. The number of nitrogens with zero attached hydrogens (tertiary/aromatic N) is 2. The molecule has 1 saturated heterocycles. The van der Waals surface area contributed by atoms with E-state index in [-0.39, 0.29) is 5.57 Å². The van der Waals surface area contributed by atoms with Gasteiger partial charge in [0.1, 0.15) is 11.3 Å². The predicted molar refractivity (Wildman–Crippen MR) is 117 cm³/mol. The second kappa shape index (κ2) is 7.95. The number of hydrogen-bond donors (Lipinski definition) is 1. The van der Waals surface area contributed by atoms with Crippen LogP contribution in [0.5, 0.6) is 5.75 Å². The summed E-state index contributed by atoms with van der Waals surface area (Å²) in [6.07, 6.45) is 3.33. The van der Waals surface area contributed by atoms with E-state index in [0.29, 0.717) is 11.3 Å². The number of barbiturate groups is 1. The zero-order valence-corrected chi connectivity index (χ0v) is 17.4. The molecule has 0 bridgehead atoms. The van der Waals surface area contributed by atoms with Crippen molar-refractivity contribution < 1.29 is 19.1 Å². The molecule has 1 aromatic heterocycles. The molecule has 156 valence electrons. The lowest BCUT2D eigenvalue weighted by atomic mass is 10.1.